The van der Waals surface area contributed by atoms with E-state index in [1.54, 1.807) is 0 Å². The summed E-state index contributed by atoms with van der Waals surface area (Å²) in [5, 5.41) is 0. The van der Waals surface area contributed by atoms with E-state index >= 15 is 0 Å². The highest BCUT2D eigenvalue weighted by Crippen LogP contribution is 2.32. The summed E-state index contributed by atoms with van der Waals surface area (Å²) in [6.45, 7) is 0. The maximum atomic E-state index is 11.6. The van der Waals surface area contributed by atoms with Crippen LogP contribution in [0.5, 0.6) is 0 Å². The minimum absolute atomic E-state index is 0.112. The van der Waals surface area contributed by atoms with Crippen LogP contribution in [0.3, 0.4) is 0 Å². The zero-order chi connectivity index (χ0) is 15.0. The van der Waals surface area contributed by atoms with Gasteiger partial charge in [-0.1, -0.05) is 30.3 Å². The number of benzene rings is 1. The number of nitrogens with two attached hydrogens (primary N) is 1. The Balaban J connectivity index is 2.07. The van der Waals surface area contributed by atoms with Gasteiger partial charge >= 0.3 is 0 Å². The van der Waals surface area contributed by atoms with E-state index in [4.69, 9.17) is 5.73 Å². The third-order valence-corrected chi connectivity index (χ3v) is 6.37. The molecule has 0 amide bonds. The molecule has 21 heavy (non-hydrogen) atoms. The maximum absolute atomic E-state index is 11.6. The first-order chi connectivity index (χ1) is 9.96. The normalized spacial score (nSPS) is 20.5. The number of rotatable bonds is 2. The van der Waals surface area contributed by atoms with Crippen molar-refractivity contribution in [2.45, 2.75) is 12.3 Å². The Morgan fingerprint density at radius 2 is 1.90 bits per heavy atom. The molecule has 0 bridgehead atoms. The second kappa shape index (κ2) is 5.53. The Hall–Kier alpha value is -1.22. The molecule has 1 aromatic carbocycles. The van der Waals surface area contributed by atoms with E-state index in [9.17, 15) is 8.42 Å². The molecule has 2 aromatic rings. The zero-order valence-electron chi connectivity index (χ0n) is 11.2. The SMILES string of the molecule is Nc1nc(C2CCS(=O)(=O)C2)nc(-c2ccccc2)c1I. The van der Waals surface area contributed by atoms with Crippen LogP contribution in [0.15, 0.2) is 30.3 Å². The molecule has 2 N–H and O–H groups in total. The monoisotopic (exact) mass is 415 g/mol. The number of sulfone groups is 1. The van der Waals surface area contributed by atoms with Gasteiger partial charge in [0.05, 0.1) is 20.8 Å². The molecule has 0 aliphatic carbocycles. The molecule has 1 saturated heterocycles. The lowest BCUT2D eigenvalue weighted by molar-refractivity contribution is 0.601. The van der Waals surface area contributed by atoms with Crippen LogP contribution in [0.1, 0.15) is 18.2 Å². The molecule has 110 valence electrons. The van der Waals surface area contributed by atoms with Gasteiger partial charge in [0.15, 0.2) is 9.84 Å². The van der Waals surface area contributed by atoms with Crippen molar-refractivity contribution >= 4 is 38.2 Å². The molecule has 2 heterocycles. The predicted molar refractivity (Wildman–Crippen MR) is 90.6 cm³/mol. The van der Waals surface area contributed by atoms with E-state index in [-0.39, 0.29) is 17.4 Å². The molecule has 0 spiro atoms. The molecule has 1 fully saturated rings. The fourth-order valence-electron chi connectivity index (χ4n) is 2.45. The van der Waals surface area contributed by atoms with E-state index in [0.29, 0.717) is 18.1 Å². The number of hydrogen-bond acceptors (Lipinski definition) is 5. The smallest absolute Gasteiger partial charge is 0.151 e. The first kappa shape index (κ1) is 14.7. The molecular weight excluding hydrogens is 401 g/mol. The molecule has 5 nitrogen and oxygen atoms in total. The molecular formula is C14H14IN3O2S. The van der Waals surface area contributed by atoms with Gasteiger partial charge in [-0.3, -0.25) is 0 Å². The van der Waals surface area contributed by atoms with Gasteiger partial charge in [0, 0.05) is 11.5 Å². The fraction of sp³-hybridized carbons (Fsp3) is 0.286. The largest absolute Gasteiger partial charge is 0.383 e. The average Bonchev–Trinajstić information content (AvgIpc) is 2.83. The minimum Gasteiger partial charge on any atom is -0.383 e. The summed E-state index contributed by atoms with van der Waals surface area (Å²) in [5.41, 5.74) is 7.71. The zero-order valence-corrected chi connectivity index (χ0v) is 14.1. The Kier molecular flexibility index (Phi) is 3.87. The summed E-state index contributed by atoms with van der Waals surface area (Å²) in [6.07, 6.45) is 0.566. The van der Waals surface area contributed by atoms with Crippen molar-refractivity contribution < 1.29 is 8.42 Å². The fourth-order valence-corrected chi connectivity index (χ4v) is 4.74. The first-order valence-corrected chi connectivity index (χ1v) is 9.45. The minimum atomic E-state index is -2.97. The number of aromatic nitrogens is 2. The summed E-state index contributed by atoms with van der Waals surface area (Å²) in [7, 11) is -2.97. The molecule has 0 radical (unpaired) electrons. The number of halogens is 1. The van der Waals surface area contributed by atoms with Crippen LogP contribution in [0.2, 0.25) is 0 Å². The summed E-state index contributed by atoms with van der Waals surface area (Å²) in [5.74, 6) is 1.10. The number of hydrogen-bond donors (Lipinski definition) is 1. The Morgan fingerprint density at radius 3 is 2.52 bits per heavy atom. The lowest BCUT2D eigenvalue weighted by atomic mass is 10.1. The third-order valence-electron chi connectivity index (χ3n) is 3.54. The lowest BCUT2D eigenvalue weighted by Gasteiger charge is -2.12. The van der Waals surface area contributed by atoms with Crippen molar-refractivity contribution in [3.8, 4) is 11.3 Å². The average molecular weight is 415 g/mol. The molecule has 1 aromatic heterocycles. The predicted octanol–water partition coefficient (Wildman–Crippen LogP) is 2.23. The highest BCUT2D eigenvalue weighted by molar-refractivity contribution is 14.1. The van der Waals surface area contributed by atoms with Crippen LogP contribution in [-0.4, -0.2) is 29.9 Å². The Morgan fingerprint density at radius 1 is 1.19 bits per heavy atom. The molecule has 1 atom stereocenters. The van der Waals surface area contributed by atoms with Gasteiger partial charge in [-0.25, -0.2) is 18.4 Å². The van der Waals surface area contributed by atoms with Crippen molar-refractivity contribution in [3.63, 3.8) is 0 Å². The van der Waals surface area contributed by atoms with Crippen molar-refractivity contribution in [2.24, 2.45) is 0 Å². The topological polar surface area (TPSA) is 85.9 Å². The molecule has 0 saturated carbocycles. The summed E-state index contributed by atoms with van der Waals surface area (Å²) in [4.78, 5) is 8.89. The molecule has 1 aliphatic heterocycles. The second-order valence-electron chi connectivity index (χ2n) is 5.10. The first-order valence-electron chi connectivity index (χ1n) is 6.55. The van der Waals surface area contributed by atoms with E-state index in [1.807, 2.05) is 30.3 Å². The quantitative estimate of drug-likeness (QED) is 0.761. The molecule has 3 rings (SSSR count). The van der Waals surface area contributed by atoms with Crippen LogP contribution >= 0.6 is 22.6 Å². The number of nitrogens with zero attached hydrogens (tertiary/aromatic N) is 2. The van der Waals surface area contributed by atoms with E-state index < -0.39 is 9.84 Å². The van der Waals surface area contributed by atoms with E-state index in [1.165, 1.54) is 0 Å². The summed E-state index contributed by atoms with van der Waals surface area (Å²) >= 11 is 2.13. The van der Waals surface area contributed by atoms with Gasteiger partial charge in [0.1, 0.15) is 11.6 Å². The number of nitrogen functional groups attached to an aromatic ring is 1. The Bertz CT molecular complexity index is 778. The molecule has 1 aliphatic rings. The van der Waals surface area contributed by atoms with Crippen LogP contribution in [0.25, 0.3) is 11.3 Å². The molecule has 7 heteroatoms. The highest BCUT2D eigenvalue weighted by Gasteiger charge is 2.31. The highest BCUT2D eigenvalue weighted by atomic mass is 127. The molecule has 1 unspecified atom stereocenters. The second-order valence-corrected chi connectivity index (χ2v) is 8.40. The third kappa shape index (κ3) is 3.03. The van der Waals surface area contributed by atoms with Crippen molar-refractivity contribution in [2.75, 3.05) is 17.2 Å². The Labute approximate surface area is 137 Å². The summed E-state index contributed by atoms with van der Waals surface area (Å²) < 4.78 is 24.1. The van der Waals surface area contributed by atoms with Gasteiger partial charge in [-0.15, -0.1) is 0 Å². The van der Waals surface area contributed by atoms with Gasteiger partial charge in [-0.2, -0.15) is 0 Å². The van der Waals surface area contributed by atoms with Crippen molar-refractivity contribution in [3.05, 3.63) is 39.7 Å². The van der Waals surface area contributed by atoms with Crippen LogP contribution in [-0.2, 0) is 9.84 Å². The lowest BCUT2D eigenvalue weighted by Crippen LogP contribution is -2.11. The van der Waals surface area contributed by atoms with Crippen LogP contribution < -0.4 is 5.73 Å². The standard InChI is InChI=1S/C14H14IN3O2S/c15-11-12(9-4-2-1-3-5-9)17-14(18-13(11)16)10-6-7-21(19,20)8-10/h1-5,10H,6-8H2,(H2,16,17,18). The van der Waals surface area contributed by atoms with Crippen LogP contribution in [0.4, 0.5) is 5.82 Å². The van der Waals surface area contributed by atoms with E-state index in [2.05, 4.69) is 32.6 Å². The number of anilines is 1. The van der Waals surface area contributed by atoms with Gasteiger partial charge < -0.3 is 5.73 Å². The van der Waals surface area contributed by atoms with Crippen molar-refractivity contribution in [1.29, 1.82) is 0 Å². The summed E-state index contributed by atoms with van der Waals surface area (Å²) in [6, 6.07) is 9.72. The van der Waals surface area contributed by atoms with Crippen molar-refractivity contribution in [1.82, 2.24) is 9.97 Å². The van der Waals surface area contributed by atoms with Crippen LogP contribution in [0, 0.1) is 3.57 Å². The van der Waals surface area contributed by atoms with Gasteiger partial charge in [0.2, 0.25) is 0 Å². The van der Waals surface area contributed by atoms with Gasteiger partial charge in [0.25, 0.3) is 0 Å². The maximum Gasteiger partial charge on any atom is 0.151 e. The van der Waals surface area contributed by atoms with Gasteiger partial charge in [-0.05, 0) is 29.0 Å². The van der Waals surface area contributed by atoms with E-state index in [0.717, 1.165) is 14.8 Å².